The minimum Gasteiger partial charge on any atom is -0.492 e. The average molecular weight is 642 g/mol. The molecule has 2 aliphatic carbocycles. The third-order valence-electron chi connectivity index (χ3n) is 12.6. The van der Waals surface area contributed by atoms with Gasteiger partial charge in [0.25, 0.3) is 0 Å². The van der Waals surface area contributed by atoms with Crippen LogP contribution in [0.2, 0.25) is 0 Å². The Hall–Kier alpha value is -2.83. The summed E-state index contributed by atoms with van der Waals surface area (Å²) in [7, 11) is 1.59. The third-order valence-corrected chi connectivity index (χ3v) is 12.6. The smallest absolute Gasteiger partial charge is 0.343 e. The number of nitrogens with zero attached hydrogens (tertiary/aromatic N) is 1. The molecular weight excluding hydrogens is 586 g/mol. The molecule has 1 aromatic rings. The van der Waals surface area contributed by atoms with Gasteiger partial charge in [0.1, 0.15) is 5.76 Å². The number of ether oxygens (including phenoxy) is 3. The van der Waals surface area contributed by atoms with Crippen molar-refractivity contribution in [3.05, 3.63) is 82.2 Å². The summed E-state index contributed by atoms with van der Waals surface area (Å²) in [6.45, 7) is 9.50. The van der Waals surface area contributed by atoms with Crippen LogP contribution in [0.3, 0.4) is 0 Å². The number of allylic oxidation sites excluding steroid dienone is 2. The van der Waals surface area contributed by atoms with Gasteiger partial charge in [-0.15, -0.1) is 0 Å². The van der Waals surface area contributed by atoms with Gasteiger partial charge in [-0.05, 0) is 99.2 Å². The quantitative estimate of drug-likeness (QED) is 0.175. The van der Waals surface area contributed by atoms with E-state index in [1.807, 2.05) is 0 Å². The maximum atomic E-state index is 12.6. The van der Waals surface area contributed by atoms with Crippen molar-refractivity contribution in [1.29, 1.82) is 0 Å². The first-order valence-electron chi connectivity index (χ1n) is 18.6. The Morgan fingerprint density at radius 3 is 2.74 bits per heavy atom. The molecule has 6 nitrogen and oxygen atoms in total. The zero-order valence-corrected chi connectivity index (χ0v) is 29.1. The summed E-state index contributed by atoms with van der Waals surface area (Å²) in [4.78, 5) is 15.3. The maximum absolute atomic E-state index is 12.6. The first kappa shape index (κ1) is 32.7. The number of carbonyl (C=O) groups is 1. The number of methoxy groups -OCH3 is 1. The zero-order valence-electron chi connectivity index (χ0n) is 29.1. The number of aliphatic hydroxyl groups is 1. The van der Waals surface area contributed by atoms with Crippen LogP contribution in [0, 0.1) is 35.5 Å². The normalized spacial score (nSPS) is 37.4. The van der Waals surface area contributed by atoms with Gasteiger partial charge < -0.3 is 19.3 Å². The number of hydrogen-bond acceptors (Lipinski definition) is 6. The van der Waals surface area contributed by atoms with Crippen molar-refractivity contribution in [3.8, 4) is 0 Å². The van der Waals surface area contributed by atoms with Crippen molar-refractivity contribution in [2.24, 2.45) is 35.5 Å². The molecule has 6 aliphatic rings. The summed E-state index contributed by atoms with van der Waals surface area (Å²) in [5.74, 6) is 4.61. The molecule has 10 atom stereocenters. The molecule has 0 aromatic heterocycles. The number of rotatable bonds is 8. The molecule has 47 heavy (non-hydrogen) atoms. The van der Waals surface area contributed by atoms with Crippen molar-refractivity contribution in [1.82, 2.24) is 4.90 Å². The molecule has 3 fully saturated rings. The molecule has 1 N–H and O–H groups in total. The first-order chi connectivity index (χ1) is 22.8. The lowest BCUT2D eigenvalue weighted by atomic mass is 9.67. The van der Waals surface area contributed by atoms with E-state index in [9.17, 15) is 9.90 Å². The van der Waals surface area contributed by atoms with Gasteiger partial charge in [-0.3, -0.25) is 4.90 Å². The molecule has 0 amide bonds. The maximum Gasteiger partial charge on any atom is 0.343 e. The van der Waals surface area contributed by atoms with Gasteiger partial charge in [-0.2, -0.15) is 0 Å². The molecule has 2 saturated heterocycles. The van der Waals surface area contributed by atoms with Crippen molar-refractivity contribution in [2.75, 3.05) is 13.7 Å². The SMILES string of the molecule is CCCCCc1cccc(C2CCC3C2CC2C4C(=CCCN2C3C(O)C2C=CCC(C)C2)OC(=C2OC(=O)C(C)=C2OC)C4C)c1. The highest BCUT2D eigenvalue weighted by molar-refractivity contribution is 5.93. The fraction of sp³-hybridized carbons (Fsp3) is 0.634. The minimum atomic E-state index is -0.401. The zero-order chi connectivity index (χ0) is 32.8. The molecule has 7 rings (SSSR count). The van der Waals surface area contributed by atoms with E-state index in [1.165, 1.54) is 36.8 Å². The van der Waals surface area contributed by atoms with E-state index in [-0.39, 0.29) is 35.8 Å². The van der Waals surface area contributed by atoms with Crippen LogP contribution >= 0.6 is 0 Å². The van der Waals surface area contributed by atoms with Gasteiger partial charge >= 0.3 is 5.97 Å². The molecule has 1 saturated carbocycles. The van der Waals surface area contributed by atoms with Crippen molar-refractivity contribution in [3.63, 3.8) is 0 Å². The van der Waals surface area contributed by atoms with Crippen LogP contribution in [0.4, 0.5) is 0 Å². The van der Waals surface area contributed by atoms with Crippen LogP contribution in [0.1, 0.15) is 103 Å². The van der Waals surface area contributed by atoms with Gasteiger partial charge in [-0.25, -0.2) is 4.79 Å². The number of aliphatic hydroxyl groups excluding tert-OH is 1. The van der Waals surface area contributed by atoms with Crippen LogP contribution in [0.5, 0.6) is 0 Å². The molecular formula is C41H55NO5. The molecule has 4 heterocycles. The van der Waals surface area contributed by atoms with E-state index in [2.05, 4.69) is 68.2 Å². The Morgan fingerprint density at radius 2 is 1.96 bits per heavy atom. The summed E-state index contributed by atoms with van der Waals surface area (Å²) >= 11 is 0. The first-order valence-corrected chi connectivity index (χ1v) is 18.6. The predicted octanol–water partition coefficient (Wildman–Crippen LogP) is 8.19. The van der Waals surface area contributed by atoms with Crippen molar-refractivity contribution in [2.45, 2.75) is 116 Å². The molecule has 254 valence electrons. The molecule has 1 aromatic carbocycles. The number of piperidine rings is 1. The van der Waals surface area contributed by atoms with E-state index in [0.29, 0.717) is 46.5 Å². The second kappa shape index (κ2) is 13.6. The number of cyclic esters (lactones) is 1. The highest BCUT2D eigenvalue weighted by atomic mass is 16.6. The van der Waals surface area contributed by atoms with Gasteiger partial charge in [0.05, 0.1) is 18.8 Å². The number of esters is 1. The minimum absolute atomic E-state index is 0.0105. The highest BCUT2D eigenvalue weighted by Gasteiger charge is 2.57. The van der Waals surface area contributed by atoms with E-state index in [4.69, 9.17) is 14.2 Å². The summed E-state index contributed by atoms with van der Waals surface area (Å²) in [6.07, 6.45) is 17.9. The Morgan fingerprint density at radius 1 is 1.11 bits per heavy atom. The number of benzene rings is 1. The Labute approximate surface area is 281 Å². The van der Waals surface area contributed by atoms with Crippen LogP contribution in [0.15, 0.2) is 71.1 Å². The predicted molar refractivity (Wildman–Crippen MR) is 184 cm³/mol. The highest BCUT2D eigenvalue weighted by Crippen LogP contribution is 2.57. The molecule has 4 aliphatic heterocycles. The fourth-order valence-electron chi connectivity index (χ4n) is 10.4. The van der Waals surface area contributed by atoms with Gasteiger partial charge in [0.2, 0.25) is 5.76 Å². The summed E-state index contributed by atoms with van der Waals surface area (Å²) in [5.41, 5.74) is 3.44. The summed E-state index contributed by atoms with van der Waals surface area (Å²) in [5, 5.41) is 12.4. The van der Waals surface area contributed by atoms with Crippen molar-refractivity contribution < 1.29 is 24.1 Å². The Bertz CT molecular complexity index is 1470. The van der Waals surface area contributed by atoms with Gasteiger partial charge in [-0.1, -0.05) is 70.0 Å². The lowest BCUT2D eigenvalue weighted by Gasteiger charge is -2.53. The number of hydrogen-bond donors (Lipinski definition) is 1. The Kier molecular flexibility index (Phi) is 9.45. The second-order valence-corrected chi connectivity index (χ2v) is 15.5. The number of carbonyl (C=O) groups excluding carboxylic acids is 1. The number of fused-ring (bicyclic) bond motifs is 4. The van der Waals surface area contributed by atoms with E-state index in [0.717, 1.165) is 50.8 Å². The molecule has 10 unspecified atom stereocenters. The van der Waals surface area contributed by atoms with Crippen LogP contribution < -0.4 is 0 Å². The summed E-state index contributed by atoms with van der Waals surface area (Å²) in [6, 6.07) is 9.80. The molecule has 6 heteroatoms. The average Bonchev–Trinajstić information content (AvgIpc) is 3.68. The lowest BCUT2D eigenvalue weighted by molar-refractivity contribution is -0.133. The van der Waals surface area contributed by atoms with Crippen molar-refractivity contribution >= 4 is 5.97 Å². The van der Waals surface area contributed by atoms with E-state index in [1.54, 1.807) is 14.0 Å². The number of unbranched alkanes of at least 4 members (excludes halogenated alkanes) is 2. The van der Waals surface area contributed by atoms with E-state index < -0.39 is 6.10 Å². The second-order valence-electron chi connectivity index (χ2n) is 15.5. The lowest BCUT2D eigenvalue weighted by Crippen LogP contribution is -2.61. The topological polar surface area (TPSA) is 68.2 Å². The van der Waals surface area contributed by atoms with Gasteiger partial charge in [0.15, 0.2) is 11.5 Å². The van der Waals surface area contributed by atoms with Crippen LogP contribution in [-0.4, -0.2) is 47.8 Å². The van der Waals surface area contributed by atoms with Crippen LogP contribution in [0.25, 0.3) is 0 Å². The number of aryl methyl sites for hydroxylation is 1. The molecule has 0 bridgehead atoms. The molecule has 0 spiro atoms. The van der Waals surface area contributed by atoms with Gasteiger partial charge in [0, 0.05) is 36.4 Å². The fourth-order valence-corrected chi connectivity index (χ4v) is 10.4. The monoisotopic (exact) mass is 641 g/mol. The standard InChI is InChI=1S/C41H55NO5/c1-6-7-8-13-27-14-10-15-28(22-27)30-18-19-31-32(30)23-33-35-25(3)39(40-38(45-5)26(4)41(44)47-40)46-34(35)17-11-20-42(33)36(31)37(43)29-16-9-12-24(2)21-29/h9-10,14-17,22,24-25,29-33,35-37,43H,6-8,11-13,18-21,23H2,1-5H3. The molecule has 0 radical (unpaired) electrons. The third kappa shape index (κ3) is 5.92. The van der Waals surface area contributed by atoms with Crippen LogP contribution in [-0.2, 0) is 25.4 Å². The van der Waals surface area contributed by atoms with E-state index >= 15 is 0 Å². The summed E-state index contributed by atoms with van der Waals surface area (Å²) < 4.78 is 18.1. The Balaban J connectivity index is 1.25. The largest absolute Gasteiger partial charge is 0.492 e.